The zero-order valence-corrected chi connectivity index (χ0v) is 15.2. The van der Waals surface area contributed by atoms with Crippen molar-refractivity contribution in [1.82, 2.24) is 0 Å². The quantitative estimate of drug-likeness (QED) is 0.686. The first-order chi connectivity index (χ1) is 13.2. The van der Waals surface area contributed by atoms with E-state index in [-0.39, 0.29) is 11.8 Å². The molecule has 1 aliphatic rings. The molecule has 1 N–H and O–H groups in total. The third kappa shape index (κ3) is 3.65. The monoisotopic (exact) mass is 358 g/mol. The van der Waals surface area contributed by atoms with Gasteiger partial charge in [-0.2, -0.15) is 5.10 Å². The van der Waals surface area contributed by atoms with Gasteiger partial charge < -0.3 is 9.84 Å². The molecule has 0 bridgehead atoms. The Labute approximate surface area is 159 Å². The number of aromatic hydroxyl groups is 1. The number of phenols is 1. The molecule has 0 radical (unpaired) electrons. The highest BCUT2D eigenvalue weighted by Gasteiger charge is 2.29. The topological polar surface area (TPSA) is 45.1 Å². The summed E-state index contributed by atoms with van der Waals surface area (Å²) in [7, 11) is 0. The van der Waals surface area contributed by atoms with Crippen LogP contribution in [0.15, 0.2) is 84.0 Å². The molecule has 3 aromatic rings. The molecule has 0 aliphatic carbocycles. The van der Waals surface area contributed by atoms with Gasteiger partial charge in [0.25, 0.3) is 0 Å². The zero-order valence-electron chi connectivity index (χ0n) is 15.2. The second kappa shape index (κ2) is 7.54. The molecular weight excluding hydrogens is 336 g/mol. The van der Waals surface area contributed by atoms with E-state index in [1.54, 1.807) is 12.1 Å². The highest BCUT2D eigenvalue weighted by molar-refractivity contribution is 6.03. The van der Waals surface area contributed by atoms with Gasteiger partial charge in [-0.3, -0.25) is 5.01 Å². The van der Waals surface area contributed by atoms with Crippen LogP contribution in [0.4, 0.5) is 5.69 Å². The molecule has 3 aromatic carbocycles. The van der Waals surface area contributed by atoms with Crippen LogP contribution in [0.25, 0.3) is 0 Å². The molecule has 0 saturated carbocycles. The van der Waals surface area contributed by atoms with E-state index in [1.165, 1.54) is 0 Å². The van der Waals surface area contributed by atoms with Gasteiger partial charge in [0, 0.05) is 6.42 Å². The van der Waals surface area contributed by atoms with E-state index in [4.69, 9.17) is 9.84 Å². The third-order valence-electron chi connectivity index (χ3n) is 4.71. The van der Waals surface area contributed by atoms with Gasteiger partial charge in [0.15, 0.2) is 0 Å². The number of anilines is 1. The van der Waals surface area contributed by atoms with Crippen molar-refractivity contribution >= 4 is 11.4 Å². The molecule has 4 heteroatoms. The van der Waals surface area contributed by atoms with Crippen LogP contribution < -0.4 is 9.75 Å². The number of hydrazone groups is 1. The molecule has 0 aromatic heterocycles. The lowest BCUT2D eigenvalue weighted by Gasteiger charge is -2.24. The van der Waals surface area contributed by atoms with E-state index < -0.39 is 0 Å². The smallest absolute Gasteiger partial charge is 0.119 e. The van der Waals surface area contributed by atoms with Crippen molar-refractivity contribution in [3.8, 4) is 11.5 Å². The molecule has 136 valence electrons. The summed E-state index contributed by atoms with van der Waals surface area (Å²) >= 11 is 0. The van der Waals surface area contributed by atoms with Crippen LogP contribution in [-0.4, -0.2) is 17.4 Å². The summed E-state index contributed by atoms with van der Waals surface area (Å²) in [5.41, 5.74) is 4.32. The molecule has 0 saturated heterocycles. The number of nitrogens with zero attached hydrogens (tertiary/aromatic N) is 2. The van der Waals surface area contributed by atoms with Crippen molar-refractivity contribution < 1.29 is 9.84 Å². The maximum Gasteiger partial charge on any atom is 0.119 e. The number of para-hydroxylation sites is 1. The Hall–Kier alpha value is -3.27. The standard InChI is InChI=1S/C23H22N2O2/c1-2-27-21-14-10-17(11-15-21)22-16-23(18-8-12-20(26)13-9-18)25(24-22)19-6-4-3-5-7-19/h3-15,23,26H,2,16H2,1H3. The van der Waals surface area contributed by atoms with Crippen LogP contribution >= 0.6 is 0 Å². The van der Waals surface area contributed by atoms with Crippen LogP contribution in [-0.2, 0) is 0 Å². The highest BCUT2D eigenvalue weighted by Crippen LogP contribution is 2.37. The molecule has 1 atom stereocenters. The predicted molar refractivity (Wildman–Crippen MR) is 109 cm³/mol. The summed E-state index contributed by atoms with van der Waals surface area (Å²) in [4.78, 5) is 0. The number of benzene rings is 3. The average molecular weight is 358 g/mol. The van der Waals surface area contributed by atoms with Crippen LogP contribution in [0.3, 0.4) is 0 Å². The van der Waals surface area contributed by atoms with Gasteiger partial charge in [0.05, 0.1) is 24.0 Å². The lowest BCUT2D eigenvalue weighted by atomic mass is 9.98. The van der Waals surface area contributed by atoms with Gasteiger partial charge in [0.2, 0.25) is 0 Å². The molecule has 1 heterocycles. The van der Waals surface area contributed by atoms with Crippen molar-refractivity contribution in [1.29, 1.82) is 0 Å². The Morgan fingerprint density at radius 2 is 1.67 bits per heavy atom. The lowest BCUT2D eigenvalue weighted by molar-refractivity contribution is 0.340. The van der Waals surface area contributed by atoms with Crippen LogP contribution in [0.5, 0.6) is 11.5 Å². The lowest BCUT2D eigenvalue weighted by Crippen LogP contribution is -2.18. The second-order valence-corrected chi connectivity index (χ2v) is 6.50. The van der Waals surface area contributed by atoms with Crippen molar-refractivity contribution in [2.45, 2.75) is 19.4 Å². The molecule has 0 spiro atoms. The first-order valence-corrected chi connectivity index (χ1v) is 9.18. The predicted octanol–water partition coefficient (Wildman–Crippen LogP) is 5.15. The van der Waals surface area contributed by atoms with Crippen LogP contribution in [0, 0.1) is 0 Å². The van der Waals surface area contributed by atoms with Gasteiger partial charge in [0.1, 0.15) is 11.5 Å². The molecule has 1 aliphatic heterocycles. The minimum Gasteiger partial charge on any atom is -0.508 e. The van der Waals surface area contributed by atoms with Crippen molar-refractivity contribution in [3.05, 3.63) is 90.0 Å². The Morgan fingerprint density at radius 3 is 2.33 bits per heavy atom. The summed E-state index contributed by atoms with van der Waals surface area (Å²) < 4.78 is 5.54. The maximum atomic E-state index is 9.63. The largest absolute Gasteiger partial charge is 0.508 e. The highest BCUT2D eigenvalue weighted by atomic mass is 16.5. The normalized spacial score (nSPS) is 16.3. The molecular formula is C23H22N2O2. The molecule has 4 nitrogen and oxygen atoms in total. The van der Waals surface area contributed by atoms with Crippen molar-refractivity contribution in [2.75, 3.05) is 11.6 Å². The van der Waals surface area contributed by atoms with Crippen molar-refractivity contribution in [3.63, 3.8) is 0 Å². The summed E-state index contributed by atoms with van der Waals surface area (Å²) in [6, 6.07) is 25.8. The van der Waals surface area contributed by atoms with E-state index in [2.05, 4.69) is 29.3 Å². The van der Waals surface area contributed by atoms with Gasteiger partial charge in [-0.15, -0.1) is 0 Å². The average Bonchev–Trinajstić information content (AvgIpc) is 3.15. The first-order valence-electron chi connectivity index (χ1n) is 9.18. The Bertz CT molecular complexity index is 919. The van der Waals surface area contributed by atoms with Gasteiger partial charge in [-0.05, 0) is 66.6 Å². The fourth-order valence-electron chi connectivity index (χ4n) is 3.37. The SMILES string of the molecule is CCOc1ccc(C2=NN(c3ccccc3)C(c3ccc(O)cc3)C2)cc1. The maximum absolute atomic E-state index is 9.63. The Morgan fingerprint density at radius 1 is 0.963 bits per heavy atom. The minimum absolute atomic E-state index is 0.0922. The van der Waals surface area contributed by atoms with Crippen molar-refractivity contribution in [2.24, 2.45) is 5.10 Å². The van der Waals surface area contributed by atoms with E-state index in [9.17, 15) is 5.11 Å². The molecule has 0 fully saturated rings. The number of hydrogen-bond donors (Lipinski definition) is 1. The summed E-state index contributed by atoms with van der Waals surface area (Å²) in [6.07, 6.45) is 0.799. The first kappa shape index (κ1) is 17.2. The molecule has 1 unspecified atom stereocenters. The third-order valence-corrected chi connectivity index (χ3v) is 4.71. The van der Waals surface area contributed by atoms with Crippen LogP contribution in [0.2, 0.25) is 0 Å². The number of phenolic OH excluding ortho intramolecular Hbond substituents is 1. The zero-order chi connectivity index (χ0) is 18.6. The molecule has 27 heavy (non-hydrogen) atoms. The van der Waals surface area contributed by atoms with Gasteiger partial charge in [-0.1, -0.05) is 30.3 Å². The number of hydrogen-bond acceptors (Lipinski definition) is 4. The van der Waals surface area contributed by atoms with Gasteiger partial charge in [-0.25, -0.2) is 0 Å². The van der Waals surface area contributed by atoms with E-state index in [1.807, 2.05) is 49.4 Å². The number of ether oxygens (including phenoxy) is 1. The minimum atomic E-state index is 0.0922. The second-order valence-electron chi connectivity index (χ2n) is 6.50. The molecule has 0 amide bonds. The summed E-state index contributed by atoms with van der Waals surface area (Å²) in [5, 5.41) is 16.6. The van der Waals surface area contributed by atoms with E-state index >= 15 is 0 Å². The number of rotatable bonds is 5. The Kier molecular flexibility index (Phi) is 4.79. The Balaban J connectivity index is 1.68. The van der Waals surface area contributed by atoms with Gasteiger partial charge >= 0.3 is 0 Å². The van der Waals surface area contributed by atoms with Crippen LogP contribution in [0.1, 0.15) is 30.5 Å². The summed E-state index contributed by atoms with van der Waals surface area (Å²) in [6.45, 7) is 2.64. The summed E-state index contributed by atoms with van der Waals surface area (Å²) in [5.74, 6) is 1.14. The fraction of sp³-hybridized carbons (Fsp3) is 0.174. The fourth-order valence-corrected chi connectivity index (χ4v) is 3.37. The van der Waals surface area contributed by atoms with E-state index in [0.717, 1.165) is 34.7 Å². The van der Waals surface area contributed by atoms with E-state index in [0.29, 0.717) is 6.61 Å². The molecule has 4 rings (SSSR count).